The number of fused-ring (bicyclic) bond motifs is 3. The van der Waals surface area contributed by atoms with Crippen molar-refractivity contribution in [2.24, 2.45) is 5.92 Å². The molecule has 0 aromatic heterocycles. The van der Waals surface area contributed by atoms with Gasteiger partial charge in [0.1, 0.15) is 6.17 Å². The first kappa shape index (κ1) is 15.3. The molecule has 0 aliphatic carbocycles. The van der Waals surface area contributed by atoms with Crippen LogP contribution < -0.4 is 9.80 Å². The second kappa shape index (κ2) is 5.41. The second-order valence-electron chi connectivity index (χ2n) is 7.66. The van der Waals surface area contributed by atoms with Crippen molar-refractivity contribution in [2.75, 3.05) is 16.8 Å². The number of hydrogen-bond donors (Lipinski definition) is 0. The zero-order valence-corrected chi connectivity index (χ0v) is 15.2. The SMILES string of the molecule is CC(C)C1N(C)c2cc3cc4ccccc4cc3cc2N1C(C)C. The second-order valence-corrected chi connectivity index (χ2v) is 7.66. The molecule has 2 heteroatoms. The van der Waals surface area contributed by atoms with Gasteiger partial charge < -0.3 is 9.80 Å². The van der Waals surface area contributed by atoms with Gasteiger partial charge in [-0.2, -0.15) is 0 Å². The molecule has 1 unspecified atom stereocenters. The minimum atomic E-state index is 0.422. The molecule has 124 valence electrons. The van der Waals surface area contributed by atoms with Crippen LogP contribution in [0.2, 0.25) is 0 Å². The number of rotatable bonds is 2. The Bertz CT molecular complexity index is 910. The molecule has 0 fully saturated rings. The normalized spacial score (nSPS) is 17.5. The van der Waals surface area contributed by atoms with E-state index < -0.39 is 0 Å². The maximum Gasteiger partial charge on any atom is 0.104 e. The Kier molecular flexibility index (Phi) is 3.45. The molecule has 2 nitrogen and oxygen atoms in total. The first-order valence-electron chi connectivity index (χ1n) is 8.95. The van der Waals surface area contributed by atoms with Crippen molar-refractivity contribution in [1.82, 2.24) is 0 Å². The van der Waals surface area contributed by atoms with Crippen molar-refractivity contribution in [3.8, 4) is 0 Å². The van der Waals surface area contributed by atoms with Gasteiger partial charge in [0.2, 0.25) is 0 Å². The molecule has 1 aliphatic rings. The van der Waals surface area contributed by atoms with Crippen molar-refractivity contribution in [3.05, 3.63) is 48.5 Å². The van der Waals surface area contributed by atoms with Crippen LogP contribution in [0.5, 0.6) is 0 Å². The zero-order valence-electron chi connectivity index (χ0n) is 15.2. The van der Waals surface area contributed by atoms with Crippen LogP contribution in [-0.2, 0) is 0 Å². The van der Waals surface area contributed by atoms with Gasteiger partial charge in [-0.1, -0.05) is 38.1 Å². The Morgan fingerprint density at radius 3 is 1.79 bits per heavy atom. The highest BCUT2D eigenvalue weighted by Crippen LogP contribution is 2.44. The van der Waals surface area contributed by atoms with Gasteiger partial charge in [-0.3, -0.25) is 0 Å². The van der Waals surface area contributed by atoms with Crippen molar-refractivity contribution < 1.29 is 0 Å². The van der Waals surface area contributed by atoms with Gasteiger partial charge in [0.15, 0.2) is 0 Å². The third kappa shape index (κ3) is 2.16. The molecule has 0 spiro atoms. The predicted molar refractivity (Wildman–Crippen MR) is 106 cm³/mol. The molecular formula is C22H26N2. The van der Waals surface area contributed by atoms with Crippen LogP contribution in [-0.4, -0.2) is 19.3 Å². The lowest BCUT2D eigenvalue weighted by molar-refractivity contribution is 0.442. The fourth-order valence-electron chi connectivity index (χ4n) is 4.28. The maximum atomic E-state index is 2.58. The van der Waals surface area contributed by atoms with Crippen LogP contribution in [0.4, 0.5) is 11.4 Å². The monoisotopic (exact) mass is 318 g/mol. The molecule has 4 rings (SSSR count). The summed E-state index contributed by atoms with van der Waals surface area (Å²) in [6, 6.07) is 18.5. The van der Waals surface area contributed by atoms with Crippen molar-refractivity contribution in [1.29, 1.82) is 0 Å². The molecule has 0 N–H and O–H groups in total. The number of hydrogen-bond acceptors (Lipinski definition) is 2. The lowest BCUT2D eigenvalue weighted by atomic mass is 10.0. The van der Waals surface area contributed by atoms with E-state index >= 15 is 0 Å². The summed E-state index contributed by atoms with van der Waals surface area (Å²) in [6.45, 7) is 9.22. The number of nitrogens with zero attached hydrogens (tertiary/aromatic N) is 2. The Morgan fingerprint density at radius 1 is 0.750 bits per heavy atom. The van der Waals surface area contributed by atoms with Gasteiger partial charge in [0.25, 0.3) is 0 Å². The highest BCUT2D eigenvalue weighted by atomic mass is 15.4. The smallest absolute Gasteiger partial charge is 0.104 e. The first-order valence-corrected chi connectivity index (χ1v) is 8.95. The third-order valence-electron chi connectivity index (χ3n) is 5.29. The summed E-state index contributed by atoms with van der Waals surface area (Å²) < 4.78 is 0. The molecule has 3 aromatic rings. The van der Waals surface area contributed by atoms with Crippen LogP contribution in [0, 0.1) is 5.92 Å². The van der Waals surface area contributed by atoms with Crippen molar-refractivity contribution in [3.63, 3.8) is 0 Å². The van der Waals surface area contributed by atoms with Crippen LogP contribution >= 0.6 is 0 Å². The lowest BCUT2D eigenvalue weighted by Gasteiger charge is -2.36. The predicted octanol–water partition coefficient (Wildman–Crippen LogP) is 5.64. The van der Waals surface area contributed by atoms with Crippen LogP contribution in [0.15, 0.2) is 48.5 Å². The molecule has 1 heterocycles. The minimum Gasteiger partial charge on any atom is -0.352 e. The summed E-state index contributed by atoms with van der Waals surface area (Å²) >= 11 is 0. The van der Waals surface area contributed by atoms with E-state index in [4.69, 9.17) is 0 Å². The Balaban J connectivity index is 1.97. The van der Waals surface area contributed by atoms with E-state index in [0.29, 0.717) is 18.1 Å². The van der Waals surface area contributed by atoms with Crippen molar-refractivity contribution >= 4 is 32.9 Å². The summed E-state index contributed by atoms with van der Waals surface area (Å²) in [7, 11) is 2.23. The minimum absolute atomic E-state index is 0.422. The van der Waals surface area contributed by atoms with E-state index in [2.05, 4.69) is 93.1 Å². The molecule has 0 bridgehead atoms. The van der Waals surface area contributed by atoms with Gasteiger partial charge in [-0.15, -0.1) is 0 Å². The lowest BCUT2D eigenvalue weighted by Crippen LogP contribution is -2.48. The fourth-order valence-corrected chi connectivity index (χ4v) is 4.28. The zero-order chi connectivity index (χ0) is 17.0. The van der Waals surface area contributed by atoms with Gasteiger partial charge in [-0.25, -0.2) is 0 Å². The van der Waals surface area contributed by atoms with Gasteiger partial charge in [0, 0.05) is 13.1 Å². The van der Waals surface area contributed by atoms with Gasteiger partial charge >= 0.3 is 0 Å². The fraction of sp³-hybridized carbons (Fsp3) is 0.364. The van der Waals surface area contributed by atoms with E-state index in [-0.39, 0.29) is 0 Å². The Morgan fingerprint density at radius 2 is 1.29 bits per heavy atom. The van der Waals surface area contributed by atoms with Gasteiger partial charge in [0.05, 0.1) is 11.4 Å². The quantitative estimate of drug-likeness (QED) is 0.564. The molecular weight excluding hydrogens is 292 g/mol. The number of benzene rings is 3. The highest BCUT2D eigenvalue weighted by molar-refractivity contribution is 6.02. The molecule has 24 heavy (non-hydrogen) atoms. The summed E-state index contributed by atoms with van der Waals surface area (Å²) in [5.74, 6) is 0.576. The standard InChI is InChI=1S/C22H26N2/c1-14(2)22-23(5)20-12-18-10-16-8-6-7-9-17(16)11-19(18)13-21(20)24(22)15(3)4/h6-15,22H,1-5H3. The molecule has 0 saturated carbocycles. The van der Waals surface area contributed by atoms with E-state index in [1.54, 1.807) is 0 Å². The van der Waals surface area contributed by atoms with Gasteiger partial charge in [-0.05, 0) is 65.6 Å². The van der Waals surface area contributed by atoms with E-state index in [0.717, 1.165) is 0 Å². The Labute approximate surface area is 144 Å². The molecule has 3 aromatic carbocycles. The third-order valence-corrected chi connectivity index (χ3v) is 5.29. The van der Waals surface area contributed by atoms with Crippen LogP contribution in [0.3, 0.4) is 0 Å². The molecule has 0 saturated heterocycles. The summed E-state index contributed by atoms with van der Waals surface area (Å²) in [5, 5.41) is 5.28. The average molecular weight is 318 g/mol. The maximum absolute atomic E-state index is 2.58. The van der Waals surface area contributed by atoms with E-state index in [9.17, 15) is 0 Å². The summed E-state index contributed by atoms with van der Waals surface area (Å²) in [4.78, 5) is 5.03. The Hall–Kier alpha value is -2.22. The van der Waals surface area contributed by atoms with Crippen molar-refractivity contribution in [2.45, 2.75) is 39.9 Å². The van der Waals surface area contributed by atoms with E-state index in [1.807, 2.05) is 0 Å². The largest absolute Gasteiger partial charge is 0.352 e. The molecule has 1 atom stereocenters. The summed E-state index contributed by atoms with van der Waals surface area (Å²) in [6.07, 6.45) is 0.422. The highest BCUT2D eigenvalue weighted by Gasteiger charge is 2.37. The number of anilines is 2. The molecule has 0 amide bonds. The topological polar surface area (TPSA) is 6.48 Å². The first-order chi connectivity index (χ1) is 11.5. The van der Waals surface area contributed by atoms with Crippen LogP contribution in [0.25, 0.3) is 21.5 Å². The average Bonchev–Trinajstić information content (AvgIpc) is 2.83. The van der Waals surface area contributed by atoms with E-state index in [1.165, 1.54) is 32.9 Å². The molecule has 0 radical (unpaired) electrons. The summed E-state index contributed by atoms with van der Waals surface area (Å²) in [5.41, 5.74) is 2.72. The molecule has 1 aliphatic heterocycles. The van der Waals surface area contributed by atoms with Crippen LogP contribution in [0.1, 0.15) is 27.7 Å².